The number of aliphatic carboxylic acids is 1. The van der Waals surface area contributed by atoms with Gasteiger partial charge in [0.05, 0.1) is 7.11 Å². The predicted octanol–water partition coefficient (Wildman–Crippen LogP) is 1.25. The van der Waals surface area contributed by atoms with Crippen LogP contribution in [0.4, 0.5) is 10.1 Å². The van der Waals surface area contributed by atoms with Crippen molar-refractivity contribution in [2.45, 2.75) is 6.42 Å². The van der Waals surface area contributed by atoms with Crippen molar-refractivity contribution in [3.63, 3.8) is 0 Å². The van der Waals surface area contributed by atoms with Gasteiger partial charge in [-0.05, 0) is 12.1 Å². The van der Waals surface area contributed by atoms with Crippen LogP contribution in [0, 0.1) is 5.82 Å². The summed E-state index contributed by atoms with van der Waals surface area (Å²) in [6.07, 6.45) is -0.639. The molecule has 0 saturated heterocycles. The molecule has 1 aromatic rings. The molecule has 0 heterocycles. The van der Waals surface area contributed by atoms with Crippen molar-refractivity contribution < 1.29 is 23.8 Å². The lowest BCUT2D eigenvalue weighted by Crippen LogP contribution is -2.15. The SMILES string of the molecule is COc1cc(NC(=O)CC(=O)O)ccc1F. The highest BCUT2D eigenvalue weighted by Gasteiger charge is 2.09. The maximum atomic E-state index is 13.0. The minimum Gasteiger partial charge on any atom is -0.494 e. The lowest BCUT2D eigenvalue weighted by atomic mass is 10.2. The zero-order valence-corrected chi connectivity index (χ0v) is 8.49. The summed E-state index contributed by atoms with van der Waals surface area (Å²) in [6.45, 7) is 0. The molecule has 1 amide bonds. The summed E-state index contributed by atoms with van der Waals surface area (Å²) >= 11 is 0. The number of amides is 1. The number of ether oxygens (including phenoxy) is 1. The molecule has 86 valence electrons. The van der Waals surface area contributed by atoms with Crippen molar-refractivity contribution in [3.05, 3.63) is 24.0 Å². The quantitative estimate of drug-likeness (QED) is 0.759. The number of methoxy groups -OCH3 is 1. The Labute approximate surface area is 90.8 Å². The van der Waals surface area contributed by atoms with Crippen molar-refractivity contribution in [1.29, 1.82) is 0 Å². The van der Waals surface area contributed by atoms with Crippen LogP contribution in [0.1, 0.15) is 6.42 Å². The Morgan fingerprint density at radius 2 is 2.19 bits per heavy atom. The Morgan fingerprint density at radius 3 is 2.75 bits per heavy atom. The van der Waals surface area contributed by atoms with Gasteiger partial charge in [0.1, 0.15) is 6.42 Å². The predicted molar refractivity (Wildman–Crippen MR) is 53.8 cm³/mol. The molecule has 2 N–H and O–H groups in total. The topological polar surface area (TPSA) is 75.6 Å². The number of carboxylic acids is 1. The molecule has 0 unspecified atom stereocenters. The zero-order valence-electron chi connectivity index (χ0n) is 8.49. The van der Waals surface area contributed by atoms with Gasteiger partial charge in [-0.3, -0.25) is 9.59 Å². The molecule has 0 radical (unpaired) electrons. The smallest absolute Gasteiger partial charge is 0.312 e. The monoisotopic (exact) mass is 227 g/mol. The average molecular weight is 227 g/mol. The van der Waals surface area contributed by atoms with Crippen molar-refractivity contribution in [3.8, 4) is 5.75 Å². The Morgan fingerprint density at radius 1 is 1.50 bits per heavy atom. The van der Waals surface area contributed by atoms with Crippen LogP contribution in [0.15, 0.2) is 18.2 Å². The normalized spacial score (nSPS) is 9.62. The van der Waals surface area contributed by atoms with Gasteiger partial charge in [0.25, 0.3) is 0 Å². The van der Waals surface area contributed by atoms with Gasteiger partial charge >= 0.3 is 5.97 Å². The number of carbonyl (C=O) groups excluding carboxylic acids is 1. The molecular formula is C10H10FNO4. The highest BCUT2D eigenvalue weighted by molar-refractivity contribution is 6.01. The number of nitrogens with one attached hydrogen (secondary N) is 1. The summed E-state index contributed by atoms with van der Waals surface area (Å²) in [4.78, 5) is 21.3. The summed E-state index contributed by atoms with van der Waals surface area (Å²) in [5, 5.41) is 10.7. The summed E-state index contributed by atoms with van der Waals surface area (Å²) in [7, 11) is 1.29. The molecule has 0 atom stereocenters. The lowest BCUT2D eigenvalue weighted by Gasteiger charge is -2.06. The highest BCUT2D eigenvalue weighted by Crippen LogP contribution is 2.21. The maximum absolute atomic E-state index is 13.0. The maximum Gasteiger partial charge on any atom is 0.312 e. The molecule has 0 aliphatic carbocycles. The largest absolute Gasteiger partial charge is 0.494 e. The van der Waals surface area contributed by atoms with Gasteiger partial charge in [0, 0.05) is 11.8 Å². The summed E-state index contributed by atoms with van der Waals surface area (Å²) < 4.78 is 17.7. The van der Waals surface area contributed by atoms with Crippen molar-refractivity contribution in [1.82, 2.24) is 0 Å². The molecule has 6 heteroatoms. The van der Waals surface area contributed by atoms with Crippen molar-refractivity contribution in [2.24, 2.45) is 0 Å². The first-order chi connectivity index (χ1) is 7.52. The van der Waals surface area contributed by atoms with Crippen LogP contribution in [0.2, 0.25) is 0 Å². The van der Waals surface area contributed by atoms with Crippen LogP contribution in [-0.4, -0.2) is 24.1 Å². The lowest BCUT2D eigenvalue weighted by molar-refractivity contribution is -0.139. The second-order valence-corrected chi connectivity index (χ2v) is 2.97. The minimum absolute atomic E-state index is 0.0203. The number of hydrogen-bond acceptors (Lipinski definition) is 3. The van der Waals surface area contributed by atoms with Crippen LogP contribution in [0.5, 0.6) is 5.75 Å². The van der Waals surface area contributed by atoms with E-state index in [0.717, 1.165) is 6.07 Å². The molecule has 0 bridgehead atoms. The van der Waals surface area contributed by atoms with Crippen LogP contribution in [-0.2, 0) is 9.59 Å². The molecular weight excluding hydrogens is 217 g/mol. The molecule has 1 rings (SSSR count). The minimum atomic E-state index is -1.23. The molecule has 0 saturated carbocycles. The number of halogens is 1. The number of hydrogen-bond donors (Lipinski definition) is 2. The van der Waals surface area contributed by atoms with E-state index < -0.39 is 24.1 Å². The number of benzene rings is 1. The van der Waals surface area contributed by atoms with E-state index in [1.807, 2.05) is 0 Å². The van der Waals surface area contributed by atoms with E-state index in [-0.39, 0.29) is 11.4 Å². The van der Waals surface area contributed by atoms with E-state index in [1.165, 1.54) is 19.2 Å². The van der Waals surface area contributed by atoms with Gasteiger partial charge in [0.15, 0.2) is 11.6 Å². The first kappa shape index (κ1) is 12.0. The molecule has 0 aliphatic rings. The fourth-order valence-electron chi connectivity index (χ4n) is 1.08. The van der Waals surface area contributed by atoms with Gasteiger partial charge < -0.3 is 15.2 Å². The number of carbonyl (C=O) groups is 2. The second-order valence-electron chi connectivity index (χ2n) is 2.97. The highest BCUT2D eigenvalue weighted by atomic mass is 19.1. The average Bonchev–Trinajstić information content (AvgIpc) is 2.19. The molecule has 0 aliphatic heterocycles. The number of carboxylic acid groups (broad SMARTS) is 1. The summed E-state index contributed by atoms with van der Waals surface area (Å²) in [6, 6.07) is 3.71. The van der Waals surface area contributed by atoms with E-state index in [4.69, 9.17) is 9.84 Å². The molecule has 0 aromatic heterocycles. The fraction of sp³-hybridized carbons (Fsp3) is 0.200. The van der Waals surface area contributed by atoms with Crippen LogP contribution >= 0.6 is 0 Å². The van der Waals surface area contributed by atoms with E-state index in [1.54, 1.807) is 0 Å². The molecule has 5 nitrogen and oxygen atoms in total. The molecule has 16 heavy (non-hydrogen) atoms. The van der Waals surface area contributed by atoms with Gasteiger partial charge in [-0.25, -0.2) is 4.39 Å². The first-order valence-corrected chi connectivity index (χ1v) is 4.38. The molecule has 0 spiro atoms. The third kappa shape index (κ3) is 3.23. The van der Waals surface area contributed by atoms with Gasteiger partial charge in [-0.2, -0.15) is 0 Å². The number of rotatable bonds is 4. The van der Waals surface area contributed by atoms with Crippen LogP contribution < -0.4 is 10.1 Å². The Kier molecular flexibility index (Phi) is 3.82. The standard InChI is InChI=1S/C10H10FNO4/c1-16-8-4-6(2-3-7(8)11)12-9(13)5-10(14)15/h2-4H,5H2,1H3,(H,12,13)(H,14,15). The third-order valence-corrected chi connectivity index (χ3v) is 1.75. The Bertz CT molecular complexity index is 419. The van der Waals surface area contributed by atoms with Gasteiger partial charge in [-0.1, -0.05) is 0 Å². The fourth-order valence-corrected chi connectivity index (χ4v) is 1.08. The summed E-state index contributed by atoms with van der Waals surface area (Å²) in [5.74, 6) is -2.49. The van der Waals surface area contributed by atoms with Crippen LogP contribution in [0.3, 0.4) is 0 Å². The number of anilines is 1. The molecule has 1 aromatic carbocycles. The molecule has 0 fully saturated rings. The van der Waals surface area contributed by atoms with Gasteiger partial charge in [0.2, 0.25) is 5.91 Å². The second kappa shape index (κ2) is 5.11. The van der Waals surface area contributed by atoms with E-state index >= 15 is 0 Å². The van der Waals surface area contributed by atoms with Crippen molar-refractivity contribution in [2.75, 3.05) is 12.4 Å². The van der Waals surface area contributed by atoms with Crippen LogP contribution in [0.25, 0.3) is 0 Å². The van der Waals surface area contributed by atoms with Gasteiger partial charge in [-0.15, -0.1) is 0 Å². The van der Waals surface area contributed by atoms with E-state index in [0.29, 0.717) is 0 Å². The summed E-state index contributed by atoms with van der Waals surface area (Å²) in [5.41, 5.74) is 0.282. The zero-order chi connectivity index (χ0) is 12.1. The van der Waals surface area contributed by atoms with Crippen molar-refractivity contribution >= 4 is 17.6 Å². The Hall–Kier alpha value is -2.11. The Balaban J connectivity index is 2.74. The third-order valence-electron chi connectivity index (χ3n) is 1.75. The van der Waals surface area contributed by atoms with E-state index in [9.17, 15) is 14.0 Å². The first-order valence-electron chi connectivity index (χ1n) is 4.38. The van der Waals surface area contributed by atoms with E-state index in [2.05, 4.69) is 5.32 Å².